The average Bonchev–Trinajstić information content (AvgIpc) is 2.57. The van der Waals surface area contributed by atoms with Crippen molar-refractivity contribution in [2.24, 2.45) is 0 Å². The summed E-state index contributed by atoms with van der Waals surface area (Å²) in [5.41, 5.74) is 0.716. The fourth-order valence-electron chi connectivity index (χ4n) is 1.93. The second-order valence-corrected chi connectivity index (χ2v) is 5.60. The zero-order valence-corrected chi connectivity index (χ0v) is 14.0. The Kier molecular flexibility index (Phi) is 6.02. The quantitative estimate of drug-likeness (QED) is 0.605. The molecule has 2 rings (SSSR count). The fraction of sp³-hybridized carbons (Fsp3) is 0.188. The maximum Gasteiger partial charge on any atom is 0.270 e. The number of benzene rings is 1. The highest BCUT2D eigenvalue weighted by molar-refractivity contribution is 6.33. The van der Waals surface area contributed by atoms with Crippen LogP contribution < -0.4 is 10.6 Å². The molecule has 0 saturated heterocycles. The van der Waals surface area contributed by atoms with Crippen LogP contribution in [0.4, 0.5) is 11.5 Å². The molecule has 2 N–H and O–H groups in total. The second kappa shape index (κ2) is 8.20. The van der Waals surface area contributed by atoms with Crippen LogP contribution in [0.1, 0.15) is 22.3 Å². The van der Waals surface area contributed by atoms with Gasteiger partial charge in [0.25, 0.3) is 11.6 Å². The number of aromatic nitrogens is 1. The Bertz CT molecular complexity index is 808. The third kappa shape index (κ3) is 5.25. The number of halogens is 1. The SMILES string of the molecule is Cc1ccc(NC(=O)CCNC(=O)c2cc([N+](=O)[O-])ccc2Cl)nc1. The van der Waals surface area contributed by atoms with Gasteiger partial charge in [0.05, 0.1) is 15.5 Å². The van der Waals surface area contributed by atoms with Gasteiger partial charge in [0.1, 0.15) is 5.82 Å². The third-order valence-electron chi connectivity index (χ3n) is 3.22. The molecule has 25 heavy (non-hydrogen) atoms. The van der Waals surface area contributed by atoms with Gasteiger partial charge in [-0.05, 0) is 24.6 Å². The first-order valence-electron chi connectivity index (χ1n) is 7.31. The van der Waals surface area contributed by atoms with Crippen LogP contribution in [0.5, 0.6) is 0 Å². The fourth-order valence-corrected chi connectivity index (χ4v) is 2.14. The number of nitro benzene ring substituents is 1. The van der Waals surface area contributed by atoms with Gasteiger partial charge in [-0.15, -0.1) is 0 Å². The lowest BCUT2D eigenvalue weighted by Gasteiger charge is -2.07. The average molecular weight is 363 g/mol. The van der Waals surface area contributed by atoms with Crippen molar-refractivity contribution in [2.45, 2.75) is 13.3 Å². The Morgan fingerprint density at radius 3 is 2.68 bits per heavy atom. The molecule has 0 unspecified atom stereocenters. The van der Waals surface area contributed by atoms with Gasteiger partial charge in [-0.1, -0.05) is 17.7 Å². The first kappa shape index (κ1) is 18.3. The van der Waals surface area contributed by atoms with E-state index in [9.17, 15) is 19.7 Å². The molecule has 2 aromatic rings. The molecule has 0 aliphatic rings. The number of nitrogens with zero attached hydrogens (tertiary/aromatic N) is 2. The number of pyridine rings is 1. The van der Waals surface area contributed by atoms with Crippen molar-refractivity contribution in [3.05, 3.63) is 62.8 Å². The Morgan fingerprint density at radius 1 is 1.28 bits per heavy atom. The lowest BCUT2D eigenvalue weighted by molar-refractivity contribution is -0.384. The van der Waals surface area contributed by atoms with Crippen molar-refractivity contribution in [1.82, 2.24) is 10.3 Å². The van der Waals surface area contributed by atoms with Crippen molar-refractivity contribution in [3.63, 3.8) is 0 Å². The summed E-state index contributed by atoms with van der Waals surface area (Å²) in [6.07, 6.45) is 1.65. The Labute approximate surface area is 148 Å². The van der Waals surface area contributed by atoms with Gasteiger partial charge in [-0.25, -0.2) is 4.98 Å². The maximum absolute atomic E-state index is 12.1. The third-order valence-corrected chi connectivity index (χ3v) is 3.55. The van der Waals surface area contributed by atoms with Crippen LogP contribution in [0.3, 0.4) is 0 Å². The van der Waals surface area contributed by atoms with E-state index in [0.29, 0.717) is 5.82 Å². The predicted molar refractivity (Wildman–Crippen MR) is 92.7 cm³/mol. The highest BCUT2D eigenvalue weighted by Crippen LogP contribution is 2.21. The molecule has 0 bridgehead atoms. The summed E-state index contributed by atoms with van der Waals surface area (Å²) < 4.78 is 0. The van der Waals surface area contributed by atoms with Gasteiger partial charge < -0.3 is 10.6 Å². The predicted octanol–water partition coefficient (Wildman–Crippen LogP) is 2.71. The minimum absolute atomic E-state index is 0.0172. The Morgan fingerprint density at radius 2 is 2.04 bits per heavy atom. The van der Waals surface area contributed by atoms with Crippen LogP contribution >= 0.6 is 11.6 Å². The zero-order chi connectivity index (χ0) is 18.4. The van der Waals surface area contributed by atoms with Gasteiger partial charge in [-0.2, -0.15) is 0 Å². The van der Waals surface area contributed by atoms with E-state index in [1.807, 2.05) is 13.0 Å². The van der Waals surface area contributed by atoms with Gasteiger partial charge in [0.2, 0.25) is 5.91 Å². The Hall–Kier alpha value is -3.00. The van der Waals surface area contributed by atoms with E-state index in [-0.39, 0.29) is 35.1 Å². The number of carbonyl (C=O) groups excluding carboxylic acids is 2. The molecule has 2 amide bonds. The number of hydrogen-bond acceptors (Lipinski definition) is 5. The standard InChI is InChI=1S/C16H15ClN4O4/c1-10-2-5-14(19-9-10)20-15(22)6-7-18-16(23)12-8-11(21(24)25)3-4-13(12)17/h2-5,8-9H,6-7H2,1H3,(H,18,23)(H,19,20,22). The summed E-state index contributed by atoms with van der Waals surface area (Å²) in [6.45, 7) is 1.93. The van der Waals surface area contributed by atoms with Crippen LogP contribution in [-0.4, -0.2) is 28.3 Å². The number of hydrogen-bond donors (Lipinski definition) is 2. The maximum atomic E-state index is 12.1. The van der Waals surface area contributed by atoms with Crippen molar-refractivity contribution in [3.8, 4) is 0 Å². The highest BCUT2D eigenvalue weighted by Gasteiger charge is 2.16. The molecular weight excluding hydrogens is 348 g/mol. The number of carbonyl (C=O) groups is 2. The van der Waals surface area contributed by atoms with E-state index in [0.717, 1.165) is 11.6 Å². The molecule has 0 aliphatic carbocycles. The van der Waals surface area contributed by atoms with E-state index in [1.165, 1.54) is 12.1 Å². The van der Waals surface area contributed by atoms with Crippen molar-refractivity contribution < 1.29 is 14.5 Å². The first-order valence-corrected chi connectivity index (χ1v) is 7.69. The monoisotopic (exact) mass is 362 g/mol. The van der Waals surface area contributed by atoms with Crippen molar-refractivity contribution in [2.75, 3.05) is 11.9 Å². The molecule has 0 radical (unpaired) electrons. The van der Waals surface area contributed by atoms with E-state index >= 15 is 0 Å². The minimum atomic E-state index is -0.616. The summed E-state index contributed by atoms with van der Waals surface area (Å²) in [5.74, 6) is -0.486. The summed E-state index contributed by atoms with van der Waals surface area (Å²) in [7, 11) is 0. The number of nitrogens with one attached hydrogen (secondary N) is 2. The van der Waals surface area contributed by atoms with Crippen LogP contribution in [0, 0.1) is 17.0 Å². The van der Waals surface area contributed by atoms with E-state index in [4.69, 9.17) is 11.6 Å². The number of amides is 2. The van der Waals surface area contributed by atoms with Gasteiger partial charge in [0.15, 0.2) is 0 Å². The van der Waals surface area contributed by atoms with Gasteiger partial charge >= 0.3 is 0 Å². The van der Waals surface area contributed by atoms with Crippen LogP contribution in [0.2, 0.25) is 5.02 Å². The van der Waals surface area contributed by atoms with E-state index in [1.54, 1.807) is 12.3 Å². The lowest BCUT2D eigenvalue weighted by Crippen LogP contribution is -2.28. The molecule has 0 atom stereocenters. The molecule has 1 aromatic carbocycles. The van der Waals surface area contributed by atoms with Gasteiger partial charge in [-0.3, -0.25) is 19.7 Å². The normalized spacial score (nSPS) is 10.2. The van der Waals surface area contributed by atoms with Crippen molar-refractivity contribution >= 4 is 34.9 Å². The summed E-state index contributed by atoms with van der Waals surface area (Å²) in [4.78, 5) is 38.1. The largest absolute Gasteiger partial charge is 0.351 e. The summed E-state index contributed by atoms with van der Waals surface area (Å²) >= 11 is 5.89. The lowest BCUT2D eigenvalue weighted by atomic mass is 10.2. The molecule has 9 heteroatoms. The zero-order valence-electron chi connectivity index (χ0n) is 13.3. The van der Waals surface area contributed by atoms with Gasteiger partial charge in [0, 0.05) is 31.3 Å². The van der Waals surface area contributed by atoms with Crippen LogP contribution in [0.25, 0.3) is 0 Å². The van der Waals surface area contributed by atoms with Crippen LogP contribution in [0.15, 0.2) is 36.5 Å². The molecule has 8 nitrogen and oxygen atoms in total. The number of aryl methyl sites for hydroxylation is 1. The smallest absolute Gasteiger partial charge is 0.270 e. The topological polar surface area (TPSA) is 114 Å². The molecule has 1 aromatic heterocycles. The van der Waals surface area contributed by atoms with Crippen molar-refractivity contribution in [1.29, 1.82) is 0 Å². The molecular formula is C16H15ClN4O4. The molecule has 0 fully saturated rings. The molecule has 0 spiro atoms. The van der Waals surface area contributed by atoms with Crippen LogP contribution in [-0.2, 0) is 4.79 Å². The summed E-state index contributed by atoms with van der Waals surface area (Å²) in [5, 5.41) is 16.0. The molecule has 0 aliphatic heterocycles. The number of non-ortho nitro benzene ring substituents is 1. The molecule has 130 valence electrons. The second-order valence-electron chi connectivity index (χ2n) is 5.20. The number of anilines is 1. The minimum Gasteiger partial charge on any atom is -0.351 e. The summed E-state index contributed by atoms with van der Waals surface area (Å²) in [6, 6.07) is 7.07. The first-order chi connectivity index (χ1) is 11.9. The molecule has 1 heterocycles. The van der Waals surface area contributed by atoms with E-state index < -0.39 is 10.8 Å². The number of rotatable bonds is 6. The highest BCUT2D eigenvalue weighted by atomic mass is 35.5. The molecule has 0 saturated carbocycles. The Balaban J connectivity index is 1.88. The van der Waals surface area contributed by atoms with E-state index in [2.05, 4.69) is 15.6 Å². The number of nitro groups is 1.